The lowest BCUT2D eigenvalue weighted by Gasteiger charge is -2.34. The van der Waals surface area contributed by atoms with Crippen LogP contribution in [0.5, 0.6) is 0 Å². The second-order valence-electron chi connectivity index (χ2n) is 6.15. The summed E-state index contributed by atoms with van der Waals surface area (Å²) >= 11 is 5.88. The van der Waals surface area contributed by atoms with Crippen molar-refractivity contribution in [2.75, 3.05) is 0 Å². The summed E-state index contributed by atoms with van der Waals surface area (Å²) in [6.45, 7) is 0.193. The number of halogens is 2. The van der Waals surface area contributed by atoms with Crippen molar-refractivity contribution in [3.63, 3.8) is 0 Å². The van der Waals surface area contributed by atoms with Crippen molar-refractivity contribution in [2.45, 2.75) is 23.9 Å². The van der Waals surface area contributed by atoms with Crippen molar-refractivity contribution >= 4 is 21.6 Å². The highest BCUT2D eigenvalue weighted by Crippen LogP contribution is 2.36. The van der Waals surface area contributed by atoms with Crippen LogP contribution in [-0.4, -0.2) is 22.9 Å². The number of hydrogen-bond donors (Lipinski definition) is 1. The summed E-state index contributed by atoms with van der Waals surface area (Å²) in [4.78, 5) is 0.168. The molecule has 1 aromatic heterocycles. The Kier molecular flexibility index (Phi) is 4.30. The van der Waals surface area contributed by atoms with Crippen molar-refractivity contribution < 1.29 is 12.8 Å². The number of nitrogens with zero attached hydrogens (tertiary/aromatic N) is 2. The average molecular weight is 392 g/mol. The van der Waals surface area contributed by atoms with Crippen molar-refractivity contribution in [1.82, 2.24) is 14.5 Å². The van der Waals surface area contributed by atoms with Crippen LogP contribution in [0.15, 0.2) is 59.6 Å². The van der Waals surface area contributed by atoms with E-state index in [1.54, 1.807) is 30.5 Å². The number of fused-ring (bicyclic) bond motifs is 1. The van der Waals surface area contributed by atoms with E-state index in [0.29, 0.717) is 11.4 Å². The molecule has 1 aliphatic rings. The highest BCUT2D eigenvalue weighted by molar-refractivity contribution is 7.89. The Morgan fingerprint density at radius 2 is 1.81 bits per heavy atom. The van der Waals surface area contributed by atoms with E-state index in [2.05, 4.69) is 10.2 Å². The van der Waals surface area contributed by atoms with E-state index in [9.17, 15) is 12.8 Å². The summed E-state index contributed by atoms with van der Waals surface area (Å²) in [6.07, 6.45) is 2.08. The van der Waals surface area contributed by atoms with Crippen LogP contribution in [0.25, 0.3) is 0 Å². The van der Waals surface area contributed by atoms with Gasteiger partial charge in [0.15, 0.2) is 0 Å². The molecule has 0 radical (unpaired) electrons. The number of hydrogen-bond acceptors (Lipinski definition) is 3. The summed E-state index contributed by atoms with van der Waals surface area (Å²) in [5, 5.41) is 7.42. The molecule has 1 N–H and O–H groups in total. The Bertz CT molecular complexity index is 1030. The molecular weight excluding hydrogens is 377 g/mol. The fraction of sp³-hybridized carbons (Fsp3) is 0.167. The van der Waals surface area contributed by atoms with Gasteiger partial charge in [0.05, 0.1) is 17.1 Å². The summed E-state index contributed by atoms with van der Waals surface area (Å²) < 4.78 is 41.3. The Morgan fingerprint density at radius 3 is 2.50 bits per heavy atom. The van der Waals surface area contributed by atoms with Crippen molar-refractivity contribution in [3.8, 4) is 0 Å². The summed E-state index contributed by atoms with van der Waals surface area (Å²) in [6, 6.07) is 11.5. The van der Waals surface area contributed by atoms with Crippen LogP contribution in [-0.2, 0) is 23.0 Å². The first-order valence-corrected chi connectivity index (χ1v) is 9.81. The third-order valence-electron chi connectivity index (χ3n) is 4.55. The predicted molar refractivity (Wildman–Crippen MR) is 95.6 cm³/mol. The molecule has 0 fully saturated rings. The van der Waals surface area contributed by atoms with Crippen LogP contribution in [0.4, 0.5) is 4.39 Å². The maximum Gasteiger partial charge on any atom is 0.243 e. The predicted octanol–water partition coefficient (Wildman–Crippen LogP) is 3.69. The van der Waals surface area contributed by atoms with Gasteiger partial charge in [-0.3, -0.25) is 5.10 Å². The zero-order valence-electron chi connectivity index (χ0n) is 13.6. The fourth-order valence-electron chi connectivity index (χ4n) is 3.19. The quantitative estimate of drug-likeness (QED) is 0.740. The number of sulfonamides is 1. The number of benzene rings is 2. The third kappa shape index (κ3) is 3.02. The Labute approximate surface area is 155 Å². The van der Waals surface area contributed by atoms with Gasteiger partial charge in [-0.05, 0) is 42.0 Å². The molecule has 0 spiro atoms. The first-order valence-electron chi connectivity index (χ1n) is 7.99. The van der Waals surface area contributed by atoms with Gasteiger partial charge in [-0.1, -0.05) is 23.7 Å². The van der Waals surface area contributed by atoms with Gasteiger partial charge in [0.1, 0.15) is 5.82 Å². The maximum absolute atomic E-state index is 13.3. The van der Waals surface area contributed by atoms with Crippen molar-refractivity contribution in [1.29, 1.82) is 0 Å². The summed E-state index contributed by atoms with van der Waals surface area (Å²) in [7, 11) is -3.77. The number of nitrogens with one attached hydrogen (secondary N) is 1. The maximum atomic E-state index is 13.3. The van der Waals surface area contributed by atoms with Crippen molar-refractivity contribution in [2.24, 2.45) is 0 Å². The summed E-state index contributed by atoms with van der Waals surface area (Å²) in [5.74, 6) is -0.362. The second kappa shape index (κ2) is 6.50. The molecule has 134 valence electrons. The largest absolute Gasteiger partial charge is 0.282 e. The molecule has 1 unspecified atom stereocenters. The molecule has 26 heavy (non-hydrogen) atoms. The lowest BCUT2D eigenvalue weighted by molar-refractivity contribution is 0.294. The van der Waals surface area contributed by atoms with Gasteiger partial charge in [-0.2, -0.15) is 9.40 Å². The molecule has 4 rings (SSSR count). The van der Waals surface area contributed by atoms with Crippen LogP contribution in [0.1, 0.15) is 22.9 Å². The molecule has 1 aliphatic heterocycles. The third-order valence-corrected chi connectivity index (χ3v) is 6.67. The number of H-pyrrole nitrogens is 1. The highest BCUT2D eigenvalue weighted by atomic mass is 35.5. The van der Waals surface area contributed by atoms with E-state index in [1.807, 2.05) is 0 Å². The van der Waals surface area contributed by atoms with E-state index in [0.717, 1.165) is 16.8 Å². The van der Waals surface area contributed by atoms with Crippen molar-refractivity contribution in [3.05, 3.63) is 82.4 Å². The zero-order chi connectivity index (χ0) is 18.3. The molecule has 8 heteroatoms. The van der Waals surface area contributed by atoms with E-state index in [1.165, 1.54) is 28.6 Å². The second-order valence-corrected chi connectivity index (χ2v) is 8.48. The molecule has 0 aliphatic carbocycles. The minimum atomic E-state index is -3.77. The van der Waals surface area contributed by atoms with Gasteiger partial charge in [0.2, 0.25) is 10.0 Å². The van der Waals surface area contributed by atoms with Crippen LogP contribution in [0.3, 0.4) is 0 Å². The van der Waals surface area contributed by atoms with E-state index >= 15 is 0 Å². The topological polar surface area (TPSA) is 66.1 Å². The van der Waals surface area contributed by atoms with Crippen LogP contribution < -0.4 is 0 Å². The standard InChI is InChI=1S/C18H15ClFN3O2S/c19-14-3-7-16(8-4-14)26(24,25)23-11-13-10-21-22-17(13)9-18(23)12-1-5-15(20)6-2-12/h1-8,10,18H,9,11H2,(H,21,22). The van der Waals surface area contributed by atoms with Gasteiger partial charge in [0, 0.05) is 29.2 Å². The van der Waals surface area contributed by atoms with Gasteiger partial charge in [-0.25, -0.2) is 12.8 Å². The average Bonchev–Trinajstić information content (AvgIpc) is 3.09. The van der Waals surface area contributed by atoms with E-state index < -0.39 is 16.1 Å². The van der Waals surface area contributed by atoms with Gasteiger partial charge in [-0.15, -0.1) is 0 Å². The van der Waals surface area contributed by atoms with E-state index in [-0.39, 0.29) is 17.3 Å². The first kappa shape index (κ1) is 17.2. The van der Waals surface area contributed by atoms with Gasteiger partial charge < -0.3 is 0 Å². The molecule has 5 nitrogen and oxygen atoms in total. The fourth-order valence-corrected chi connectivity index (χ4v) is 4.90. The zero-order valence-corrected chi connectivity index (χ0v) is 15.1. The van der Waals surface area contributed by atoms with Gasteiger partial charge >= 0.3 is 0 Å². The molecule has 2 heterocycles. The molecule has 0 bridgehead atoms. The Morgan fingerprint density at radius 1 is 1.12 bits per heavy atom. The molecule has 0 amide bonds. The summed E-state index contributed by atoms with van der Waals surface area (Å²) in [5.41, 5.74) is 2.45. The molecular formula is C18H15ClFN3O2S. The Balaban J connectivity index is 1.80. The molecule has 0 saturated heterocycles. The normalized spacial score (nSPS) is 17.8. The first-order chi connectivity index (χ1) is 12.4. The molecule has 3 aromatic rings. The number of aromatic amines is 1. The van der Waals surface area contributed by atoms with Crippen LogP contribution in [0, 0.1) is 5.82 Å². The van der Waals surface area contributed by atoms with Crippen LogP contribution >= 0.6 is 11.6 Å². The minimum Gasteiger partial charge on any atom is -0.282 e. The highest BCUT2D eigenvalue weighted by Gasteiger charge is 2.37. The lowest BCUT2D eigenvalue weighted by atomic mass is 9.96. The molecule has 1 atom stereocenters. The molecule has 0 saturated carbocycles. The Hall–Kier alpha value is -2.22. The van der Waals surface area contributed by atoms with Crippen LogP contribution in [0.2, 0.25) is 5.02 Å². The monoisotopic (exact) mass is 391 g/mol. The lowest BCUT2D eigenvalue weighted by Crippen LogP contribution is -2.38. The smallest absolute Gasteiger partial charge is 0.243 e. The molecule has 2 aromatic carbocycles. The van der Waals surface area contributed by atoms with E-state index in [4.69, 9.17) is 11.6 Å². The number of rotatable bonds is 3. The SMILES string of the molecule is O=S(=O)(c1ccc(Cl)cc1)N1Cc2cn[nH]c2CC1c1ccc(F)cc1. The minimum absolute atomic E-state index is 0.168. The van der Waals surface area contributed by atoms with Gasteiger partial charge in [0.25, 0.3) is 0 Å². The number of aromatic nitrogens is 2.